The van der Waals surface area contributed by atoms with Gasteiger partial charge in [0.05, 0.1) is 18.7 Å². The van der Waals surface area contributed by atoms with Gasteiger partial charge in [0.2, 0.25) is 5.91 Å². The van der Waals surface area contributed by atoms with Crippen LogP contribution in [-0.4, -0.2) is 32.1 Å². The van der Waals surface area contributed by atoms with Crippen molar-refractivity contribution in [1.82, 2.24) is 5.32 Å². The maximum Gasteiger partial charge on any atom is 0.230 e. The molecule has 1 aliphatic rings. The summed E-state index contributed by atoms with van der Waals surface area (Å²) in [4.78, 5) is 14.0. The summed E-state index contributed by atoms with van der Waals surface area (Å²) in [6, 6.07) is 8.04. The molecule has 0 bridgehead atoms. The zero-order valence-corrected chi connectivity index (χ0v) is 11.0. The van der Waals surface area contributed by atoms with Crippen LogP contribution in [-0.2, 0) is 4.79 Å². The highest BCUT2D eigenvalue weighted by Crippen LogP contribution is 2.31. The second-order valence-electron chi connectivity index (χ2n) is 4.46. The Bertz CT molecular complexity index is 416. The normalized spacial score (nSPS) is 16.8. The number of ether oxygens (including phenoxy) is 1. The average molecular weight is 248 g/mol. The van der Waals surface area contributed by atoms with Crippen molar-refractivity contribution in [3.8, 4) is 5.75 Å². The average Bonchev–Trinajstić information content (AvgIpc) is 2.55. The van der Waals surface area contributed by atoms with Crippen LogP contribution in [0.3, 0.4) is 0 Å². The quantitative estimate of drug-likeness (QED) is 0.883. The Morgan fingerprint density at radius 2 is 2.22 bits per heavy atom. The van der Waals surface area contributed by atoms with Gasteiger partial charge in [-0.05, 0) is 25.6 Å². The summed E-state index contributed by atoms with van der Waals surface area (Å²) in [6.45, 7) is 3.26. The largest absolute Gasteiger partial charge is 0.491 e. The third-order valence-electron chi connectivity index (χ3n) is 3.33. The fourth-order valence-corrected chi connectivity index (χ4v) is 2.16. The van der Waals surface area contributed by atoms with Crippen molar-refractivity contribution in [3.05, 3.63) is 24.3 Å². The Kier molecular flexibility index (Phi) is 4.20. The molecule has 1 unspecified atom stereocenters. The molecule has 1 atom stereocenters. The van der Waals surface area contributed by atoms with E-state index < -0.39 is 0 Å². The van der Waals surface area contributed by atoms with Crippen LogP contribution in [0, 0.1) is 0 Å². The molecule has 1 amide bonds. The van der Waals surface area contributed by atoms with Crippen LogP contribution >= 0.6 is 0 Å². The van der Waals surface area contributed by atoms with Crippen LogP contribution in [0.25, 0.3) is 0 Å². The van der Waals surface area contributed by atoms with Gasteiger partial charge in [-0.1, -0.05) is 19.1 Å². The number of fused-ring (bicyclic) bond motifs is 1. The highest BCUT2D eigenvalue weighted by molar-refractivity contribution is 5.95. The van der Waals surface area contributed by atoms with Crippen molar-refractivity contribution in [2.45, 2.75) is 25.8 Å². The number of anilines is 1. The second kappa shape index (κ2) is 5.87. The van der Waals surface area contributed by atoms with Crippen LogP contribution in [0.2, 0.25) is 0 Å². The fourth-order valence-electron chi connectivity index (χ4n) is 2.16. The lowest BCUT2D eigenvalue weighted by Crippen LogP contribution is -2.42. The van der Waals surface area contributed by atoms with E-state index in [0.717, 1.165) is 17.9 Å². The Labute approximate surface area is 108 Å². The van der Waals surface area contributed by atoms with Crippen molar-refractivity contribution in [3.63, 3.8) is 0 Å². The maximum atomic E-state index is 12.2. The molecule has 0 saturated carbocycles. The smallest absolute Gasteiger partial charge is 0.230 e. The Morgan fingerprint density at radius 1 is 1.44 bits per heavy atom. The second-order valence-corrected chi connectivity index (χ2v) is 4.46. The van der Waals surface area contributed by atoms with E-state index in [1.165, 1.54) is 0 Å². The summed E-state index contributed by atoms with van der Waals surface area (Å²) in [6.07, 6.45) is 1.43. The Hall–Kier alpha value is -1.55. The van der Waals surface area contributed by atoms with Gasteiger partial charge in [-0.15, -0.1) is 0 Å². The van der Waals surface area contributed by atoms with Gasteiger partial charge in [0.25, 0.3) is 0 Å². The number of rotatable bonds is 4. The lowest BCUT2D eigenvalue weighted by molar-refractivity contribution is -0.118. The zero-order valence-electron chi connectivity index (χ0n) is 11.0. The van der Waals surface area contributed by atoms with Crippen LogP contribution in [0.4, 0.5) is 5.69 Å². The molecule has 0 aliphatic carbocycles. The van der Waals surface area contributed by atoms with E-state index in [-0.39, 0.29) is 5.91 Å². The van der Waals surface area contributed by atoms with Gasteiger partial charge in [0, 0.05) is 12.6 Å². The van der Waals surface area contributed by atoms with Gasteiger partial charge in [0.1, 0.15) is 5.75 Å². The van der Waals surface area contributed by atoms with E-state index in [1.54, 1.807) is 0 Å². The van der Waals surface area contributed by atoms with Crippen molar-refractivity contribution in [2.24, 2.45) is 0 Å². The lowest BCUT2D eigenvalue weighted by atomic mass is 10.2. The molecule has 1 heterocycles. The number of carbonyl (C=O) groups excluding carboxylic acids is 1. The van der Waals surface area contributed by atoms with E-state index in [0.29, 0.717) is 25.6 Å². The molecule has 0 spiro atoms. The number of hydrogen-bond donors (Lipinski definition) is 1. The summed E-state index contributed by atoms with van der Waals surface area (Å²) >= 11 is 0. The minimum atomic E-state index is 0.133. The molecule has 4 heteroatoms. The molecule has 1 N–H and O–H groups in total. The van der Waals surface area contributed by atoms with E-state index in [1.807, 2.05) is 36.2 Å². The van der Waals surface area contributed by atoms with Gasteiger partial charge >= 0.3 is 0 Å². The predicted molar refractivity (Wildman–Crippen MR) is 72.0 cm³/mol. The van der Waals surface area contributed by atoms with Crippen molar-refractivity contribution >= 4 is 11.6 Å². The molecule has 0 fully saturated rings. The van der Waals surface area contributed by atoms with E-state index >= 15 is 0 Å². The van der Waals surface area contributed by atoms with Crippen LogP contribution in [0.15, 0.2) is 24.3 Å². The third-order valence-corrected chi connectivity index (χ3v) is 3.33. The summed E-state index contributed by atoms with van der Waals surface area (Å²) < 4.78 is 5.62. The molecule has 1 aromatic carbocycles. The SMILES string of the molecule is CCC(CN1C(=O)CCOc2ccccc21)NC. The van der Waals surface area contributed by atoms with E-state index in [9.17, 15) is 4.79 Å². The number of likely N-dealkylation sites (N-methyl/N-ethyl adjacent to an activating group) is 1. The van der Waals surface area contributed by atoms with Gasteiger partial charge in [-0.25, -0.2) is 0 Å². The summed E-state index contributed by atoms with van der Waals surface area (Å²) in [7, 11) is 1.93. The highest BCUT2D eigenvalue weighted by atomic mass is 16.5. The van der Waals surface area contributed by atoms with Gasteiger partial charge < -0.3 is 15.0 Å². The van der Waals surface area contributed by atoms with Crippen LogP contribution < -0.4 is 15.0 Å². The van der Waals surface area contributed by atoms with E-state index in [2.05, 4.69) is 12.2 Å². The fraction of sp³-hybridized carbons (Fsp3) is 0.500. The standard InChI is InChI=1S/C14H20N2O2/c1-3-11(15-2)10-16-12-6-4-5-7-13(12)18-9-8-14(16)17/h4-7,11,15H,3,8-10H2,1-2H3. The summed E-state index contributed by atoms with van der Waals surface area (Å²) in [5, 5.41) is 3.24. The van der Waals surface area contributed by atoms with Gasteiger partial charge in [0.15, 0.2) is 0 Å². The summed E-state index contributed by atoms with van der Waals surface area (Å²) in [5.41, 5.74) is 0.883. The molecule has 98 valence electrons. The van der Waals surface area contributed by atoms with Crippen molar-refractivity contribution in [2.75, 3.05) is 25.1 Å². The lowest BCUT2D eigenvalue weighted by Gasteiger charge is -2.26. The van der Waals surface area contributed by atoms with Crippen molar-refractivity contribution in [1.29, 1.82) is 0 Å². The Morgan fingerprint density at radius 3 is 2.94 bits per heavy atom. The van der Waals surface area contributed by atoms with Gasteiger partial charge in [-0.2, -0.15) is 0 Å². The first kappa shape index (κ1) is 12.9. The number of para-hydroxylation sites is 2. The molecule has 1 aromatic rings. The number of nitrogens with one attached hydrogen (secondary N) is 1. The first-order chi connectivity index (χ1) is 8.76. The molecule has 4 nitrogen and oxygen atoms in total. The minimum Gasteiger partial charge on any atom is -0.491 e. The monoisotopic (exact) mass is 248 g/mol. The van der Waals surface area contributed by atoms with Crippen LogP contribution in [0.1, 0.15) is 19.8 Å². The molecular weight excluding hydrogens is 228 g/mol. The number of hydrogen-bond acceptors (Lipinski definition) is 3. The molecular formula is C14H20N2O2. The first-order valence-corrected chi connectivity index (χ1v) is 6.45. The molecule has 18 heavy (non-hydrogen) atoms. The van der Waals surface area contributed by atoms with Crippen molar-refractivity contribution < 1.29 is 9.53 Å². The highest BCUT2D eigenvalue weighted by Gasteiger charge is 2.24. The molecule has 0 saturated heterocycles. The van der Waals surface area contributed by atoms with Crippen LogP contribution in [0.5, 0.6) is 5.75 Å². The number of amides is 1. The molecule has 0 radical (unpaired) electrons. The summed E-state index contributed by atoms with van der Waals surface area (Å²) in [5.74, 6) is 0.933. The maximum absolute atomic E-state index is 12.2. The molecule has 0 aromatic heterocycles. The Balaban J connectivity index is 2.28. The third kappa shape index (κ3) is 2.64. The minimum absolute atomic E-state index is 0.133. The van der Waals surface area contributed by atoms with Gasteiger partial charge in [-0.3, -0.25) is 4.79 Å². The van der Waals surface area contributed by atoms with E-state index in [4.69, 9.17) is 4.74 Å². The number of benzene rings is 1. The molecule has 2 rings (SSSR count). The first-order valence-electron chi connectivity index (χ1n) is 6.45. The predicted octanol–water partition coefficient (Wildman–Crippen LogP) is 1.80. The number of nitrogens with zero attached hydrogens (tertiary/aromatic N) is 1. The zero-order chi connectivity index (χ0) is 13.0. The topological polar surface area (TPSA) is 41.6 Å². The molecule has 1 aliphatic heterocycles. The number of carbonyl (C=O) groups is 1.